The highest BCUT2D eigenvalue weighted by Crippen LogP contribution is 2.39. The molecular formula is C17H19N3O2. The van der Waals surface area contributed by atoms with Crippen LogP contribution in [0.5, 0.6) is 0 Å². The van der Waals surface area contributed by atoms with Gasteiger partial charge in [-0.15, -0.1) is 0 Å². The number of methoxy groups -OCH3 is 1. The van der Waals surface area contributed by atoms with Gasteiger partial charge >= 0.3 is 5.97 Å². The first kappa shape index (κ1) is 15.8. The maximum Gasteiger partial charge on any atom is 0.336 e. The summed E-state index contributed by atoms with van der Waals surface area (Å²) in [5.74, 6) is -0.748. The SMILES string of the molecule is COC(=O)C1=C(C)NC(C(C)C)=C(C#N)C1c1cccnc1. The van der Waals surface area contributed by atoms with Gasteiger partial charge in [-0.3, -0.25) is 4.98 Å². The van der Waals surface area contributed by atoms with E-state index in [-0.39, 0.29) is 5.92 Å². The summed E-state index contributed by atoms with van der Waals surface area (Å²) in [6.07, 6.45) is 3.35. The number of carbonyl (C=O) groups is 1. The van der Waals surface area contributed by atoms with Crippen LogP contribution >= 0.6 is 0 Å². The summed E-state index contributed by atoms with van der Waals surface area (Å²) >= 11 is 0. The molecule has 1 atom stereocenters. The van der Waals surface area contributed by atoms with E-state index in [4.69, 9.17) is 4.74 Å². The number of nitriles is 1. The second-order valence-corrected chi connectivity index (χ2v) is 5.47. The molecule has 0 amide bonds. The number of hydrogen-bond donors (Lipinski definition) is 1. The van der Waals surface area contributed by atoms with Crippen LogP contribution in [0.4, 0.5) is 0 Å². The average Bonchev–Trinajstić information content (AvgIpc) is 2.53. The lowest BCUT2D eigenvalue weighted by atomic mass is 9.80. The summed E-state index contributed by atoms with van der Waals surface area (Å²) in [5, 5.41) is 12.9. The molecule has 0 bridgehead atoms. The number of dihydropyridines is 1. The Bertz CT molecular complexity index is 682. The van der Waals surface area contributed by atoms with Gasteiger partial charge in [-0.2, -0.15) is 5.26 Å². The highest BCUT2D eigenvalue weighted by Gasteiger charge is 2.35. The van der Waals surface area contributed by atoms with E-state index < -0.39 is 11.9 Å². The fraction of sp³-hybridized carbons (Fsp3) is 0.353. The molecule has 1 aliphatic heterocycles. The predicted molar refractivity (Wildman–Crippen MR) is 82.3 cm³/mol. The van der Waals surface area contributed by atoms with Crippen molar-refractivity contribution >= 4 is 5.97 Å². The van der Waals surface area contributed by atoms with Crippen LogP contribution in [0.2, 0.25) is 0 Å². The number of aromatic nitrogens is 1. The number of nitrogens with one attached hydrogen (secondary N) is 1. The van der Waals surface area contributed by atoms with Gasteiger partial charge in [0.25, 0.3) is 0 Å². The van der Waals surface area contributed by atoms with Crippen LogP contribution in [0.1, 0.15) is 32.3 Å². The number of pyridine rings is 1. The van der Waals surface area contributed by atoms with Crippen molar-refractivity contribution in [3.05, 3.63) is 52.6 Å². The van der Waals surface area contributed by atoms with Crippen LogP contribution in [0.15, 0.2) is 47.1 Å². The van der Waals surface area contributed by atoms with E-state index in [0.717, 1.165) is 11.3 Å². The lowest BCUT2D eigenvalue weighted by Gasteiger charge is -2.30. The maximum absolute atomic E-state index is 12.2. The molecular weight excluding hydrogens is 278 g/mol. The minimum absolute atomic E-state index is 0.142. The van der Waals surface area contributed by atoms with E-state index in [0.29, 0.717) is 16.8 Å². The van der Waals surface area contributed by atoms with Gasteiger partial charge in [0.15, 0.2) is 0 Å². The van der Waals surface area contributed by atoms with E-state index in [1.807, 2.05) is 26.8 Å². The highest BCUT2D eigenvalue weighted by molar-refractivity contribution is 5.93. The van der Waals surface area contributed by atoms with E-state index >= 15 is 0 Å². The first-order valence-corrected chi connectivity index (χ1v) is 7.11. The summed E-state index contributed by atoms with van der Waals surface area (Å²) < 4.78 is 4.91. The lowest BCUT2D eigenvalue weighted by molar-refractivity contribution is -0.136. The van der Waals surface area contributed by atoms with E-state index in [1.54, 1.807) is 18.5 Å². The maximum atomic E-state index is 12.2. The van der Waals surface area contributed by atoms with Gasteiger partial charge < -0.3 is 10.1 Å². The fourth-order valence-corrected chi connectivity index (χ4v) is 2.69. The molecule has 5 heteroatoms. The van der Waals surface area contributed by atoms with Crippen LogP contribution in [-0.2, 0) is 9.53 Å². The average molecular weight is 297 g/mol. The Labute approximate surface area is 130 Å². The summed E-state index contributed by atoms with van der Waals surface area (Å²) in [6, 6.07) is 5.93. The molecule has 114 valence electrons. The van der Waals surface area contributed by atoms with Gasteiger partial charge in [0.2, 0.25) is 0 Å². The molecule has 0 saturated heterocycles. The number of ether oxygens (including phenoxy) is 1. The van der Waals surface area contributed by atoms with Crippen LogP contribution in [-0.4, -0.2) is 18.1 Å². The van der Waals surface area contributed by atoms with Gasteiger partial charge in [0.05, 0.1) is 30.2 Å². The van der Waals surface area contributed by atoms with Crippen molar-refractivity contribution in [2.45, 2.75) is 26.7 Å². The third-order valence-electron chi connectivity index (χ3n) is 3.71. The number of allylic oxidation sites excluding steroid dienone is 3. The van der Waals surface area contributed by atoms with Crippen molar-refractivity contribution in [3.8, 4) is 6.07 Å². The van der Waals surface area contributed by atoms with Crippen LogP contribution in [0.25, 0.3) is 0 Å². The fourth-order valence-electron chi connectivity index (χ4n) is 2.69. The van der Waals surface area contributed by atoms with Crippen molar-refractivity contribution in [1.82, 2.24) is 10.3 Å². The van der Waals surface area contributed by atoms with Gasteiger partial charge in [-0.25, -0.2) is 4.79 Å². The third-order valence-corrected chi connectivity index (χ3v) is 3.71. The monoisotopic (exact) mass is 297 g/mol. The second-order valence-electron chi connectivity index (χ2n) is 5.47. The molecule has 1 aliphatic rings. The number of rotatable bonds is 3. The van der Waals surface area contributed by atoms with Crippen molar-refractivity contribution in [1.29, 1.82) is 5.26 Å². The smallest absolute Gasteiger partial charge is 0.336 e. The molecule has 2 heterocycles. The van der Waals surface area contributed by atoms with Gasteiger partial charge in [-0.1, -0.05) is 19.9 Å². The predicted octanol–water partition coefficient (Wildman–Crippen LogP) is 2.65. The van der Waals surface area contributed by atoms with E-state index in [9.17, 15) is 10.1 Å². The molecule has 1 aromatic rings. The summed E-state index contributed by atoms with van der Waals surface area (Å²) in [7, 11) is 1.34. The molecule has 22 heavy (non-hydrogen) atoms. The van der Waals surface area contributed by atoms with Crippen molar-refractivity contribution in [3.63, 3.8) is 0 Å². The molecule has 1 unspecified atom stereocenters. The number of nitrogens with zero attached hydrogens (tertiary/aromatic N) is 2. The first-order chi connectivity index (χ1) is 10.5. The van der Waals surface area contributed by atoms with Crippen molar-refractivity contribution < 1.29 is 9.53 Å². The minimum atomic E-state index is -0.454. The second kappa shape index (κ2) is 6.44. The Morgan fingerprint density at radius 3 is 2.73 bits per heavy atom. The first-order valence-electron chi connectivity index (χ1n) is 7.11. The summed E-state index contributed by atoms with van der Waals surface area (Å²) in [4.78, 5) is 16.3. The molecule has 5 nitrogen and oxygen atoms in total. The zero-order valence-electron chi connectivity index (χ0n) is 13.2. The molecule has 0 radical (unpaired) electrons. The van der Waals surface area contributed by atoms with Gasteiger partial charge in [0.1, 0.15) is 0 Å². The van der Waals surface area contributed by atoms with Crippen molar-refractivity contribution in [2.24, 2.45) is 5.92 Å². The van der Waals surface area contributed by atoms with Crippen molar-refractivity contribution in [2.75, 3.05) is 7.11 Å². The van der Waals surface area contributed by atoms with E-state index in [1.165, 1.54) is 7.11 Å². The van der Waals surface area contributed by atoms with Gasteiger partial charge in [0, 0.05) is 23.8 Å². The van der Waals surface area contributed by atoms with Crippen LogP contribution < -0.4 is 5.32 Å². The standard InChI is InChI=1S/C17H19N3O2/c1-10(2)16-13(8-18)15(12-6-5-7-19-9-12)14(11(3)20-16)17(21)22-4/h5-7,9-10,15,20H,1-4H3. The largest absolute Gasteiger partial charge is 0.466 e. The Kier molecular flexibility index (Phi) is 4.62. The number of esters is 1. The number of hydrogen-bond acceptors (Lipinski definition) is 5. The summed E-state index contributed by atoms with van der Waals surface area (Å²) in [5.41, 5.74) is 3.34. The molecule has 0 aliphatic carbocycles. The Morgan fingerprint density at radius 1 is 1.50 bits per heavy atom. The number of carbonyl (C=O) groups excluding carboxylic acids is 1. The molecule has 0 saturated carbocycles. The normalized spacial score (nSPS) is 18.1. The van der Waals surface area contributed by atoms with E-state index in [2.05, 4.69) is 16.4 Å². The Balaban J connectivity index is 2.68. The molecule has 1 aromatic heterocycles. The molecule has 0 aromatic carbocycles. The molecule has 2 rings (SSSR count). The Morgan fingerprint density at radius 2 is 2.23 bits per heavy atom. The highest BCUT2D eigenvalue weighted by atomic mass is 16.5. The quantitative estimate of drug-likeness (QED) is 0.868. The third kappa shape index (κ3) is 2.73. The molecule has 0 spiro atoms. The van der Waals surface area contributed by atoms with Gasteiger partial charge in [-0.05, 0) is 24.5 Å². The molecule has 1 N–H and O–H groups in total. The molecule has 0 fully saturated rings. The topological polar surface area (TPSA) is 75.0 Å². The Hall–Kier alpha value is -2.61. The lowest BCUT2D eigenvalue weighted by Crippen LogP contribution is -2.31. The minimum Gasteiger partial charge on any atom is -0.466 e. The van der Waals surface area contributed by atoms with Crippen LogP contribution in [0.3, 0.4) is 0 Å². The summed E-state index contributed by atoms with van der Waals surface area (Å²) in [6.45, 7) is 5.85. The van der Waals surface area contributed by atoms with Crippen LogP contribution in [0, 0.1) is 17.2 Å². The zero-order valence-corrected chi connectivity index (χ0v) is 13.2. The zero-order chi connectivity index (χ0) is 16.3.